The third-order valence-electron chi connectivity index (χ3n) is 4.41. The second-order valence-corrected chi connectivity index (χ2v) is 6.25. The third-order valence-corrected chi connectivity index (χ3v) is 4.41. The highest BCUT2D eigenvalue weighted by Gasteiger charge is 2.26. The largest absolute Gasteiger partial charge is 0.492 e. The molecule has 0 spiro atoms. The highest BCUT2D eigenvalue weighted by molar-refractivity contribution is 5.97. The van der Waals surface area contributed by atoms with Gasteiger partial charge in [0.25, 0.3) is 0 Å². The third kappa shape index (κ3) is 5.46. The molecule has 2 rings (SSSR count). The molecule has 1 heterocycles. The summed E-state index contributed by atoms with van der Waals surface area (Å²) in [5.74, 6) is 0.447. The number of Topliss-reactive ketones (excluding diaryl/α,β-unsaturated/α-hetero) is 1. The van der Waals surface area contributed by atoms with Gasteiger partial charge in [-0.2, -0.15) is 0 Å². The number of carbonyl (C=O) groups excluding carboxylic acids is 2. The van der Waals surface area contributed by atoms with E-state index in [1.165, 1.54) is 0 Å². The van der Waals surface area contributed by atoms with Crippen molar-refractivity contribution < 1.29 is 19.1 Å². The number of rotatable bonds is 8. The molecule has 25 heavy (non-hydrogen) atoms. The summed E-state index contributed by atoms with van der Waals surface area (Å²) in [4.78, 5) is 26.5. The predicted octanol–water partition coefficient (Wildman–Crippen LogP) is 2.52. The molecular weight excluding hydrogens is 320 g/mol. The molecule has 0 aromatic heterocycles. The maximum absolute atomic E-state index is 12.4. The van der Waals surface area contributed by atoms with Crippen molar-refractivity contribution in [2.45, 2.75) is 33.1 Å². The Morgan fingerprint density at radius 2 is 2.08 bits per heavy atom. The molecule has 1 aromatic rings. The van der Waals surface area contributed by atoms with Crippen molar-refractivity contribution >= 4 is 17.4 Å². The minimum absolute atomic E-state index is 0.0491. The Balaban J connectivity index is 1.87. The van der Waals surface area contributed by atoms with Crippen LogP contribution in [0.3, 0.4) is 0 Å². The highest BCUT2D eigenvalue weighted by atomic mass is 16.5. The molecule has 1 aromatic carbocycles. The number of ketones is 1. The monoisotopic (exact) mass is 348 g/mol. The predicted molar refractivity (Wildman–Crippen MR) is 96.8 cm³/mol. The number of benzene rings is 1. The first kappa shape index (κ1) is 19.2. The minimum atomic E-state index is -0.127. The molecule has 6 nitrogen and oxygen atoms in total. The van der Waals surface area contributed by atoms with Gasteiger partial charge in [-0.05, 0) is 51.4 Å². The molecule has 0 radical (unpaired) electrons. The van der Waals surface area contributed by atoms with E-state index in [2.05, 4.69) is 4.90 Å². The number of hydrogen-bond acceptors (Lipinski definition) is 6. The number of nitrogens with two attached hydrogens (primary N) is 1. The van der Waals surface area contributed by atoms with Gasteiger partial charge in [0.15, 0.2) is 5.78 Å². The Morgan fingerprint density at radius 1 is 1.28 bits per heavy atom. The fourth-order valence-electron chi connectivity index (χ4n) is 3.12. The van der Waals surface area contributed by atoms with Gasteiger partial charge in [-0.25, -0.2) is 0 Å². The second kappa shape index (κ2) is 9.42. The van der Waals surface area contributed by atoms with E-state index in [1.54, 1.807) is 18.2 Å². The molecule has 0 amide bonds. The van der Waals surface area contributed by atoms with Crippen LogP contribution in [0.15, 0.2) is 18.2 Å². The van der Waals surface area contributed by atoms with Gasteiger partial charge in [0, 0.05) is 25.1 Å². The van der Waals surface area contributed by atoms with Crippen LogP contribution < -0.4 is 10.5 Å². The van der Waals surface area contributed by atoms with Crippen LogP contribution in [-0.4, -0.2) is 49.5 Å². The fraction of sp³-hybridized carbons (Fsp3) is 0.579. The number of nitrogen functional groups attached to an aromatic ring is 1. The normalized spacial score (nSPS) is 17.9. The lowest BCUT2D eigenvalue weighted by Gasteiger charge is -2.31. The summed E-state index contributed by atoms with van der Waals surface area (Å²) in [5, 5.41) is 0. The summed E-state index contributed by atoms with van der Waals surface area (Å²) in [6.45, 7) is 6.87. The number of ether oxygens (including phenoxy) is 2. The minimum Gasteiger partial charge on any atom is -0.492 e. The smallest absolute Gasteiger partial charge is 0.310 e. The van der Waals surface area contributed by atoms with Crippen molar-refractivity contribution in [2.24, 2.45) is 5.92 Å². The molecule has 2 N–H and O–H groups in total. The van der Waals surface area contributed by atoms with E-state index in [9.17, 15) is 9.59 Å². The summed E-state index contributed by atoms with van der Waals surface area (Å²) in [6, 6.07) is 5.16. The van der Waals surface area contributed by atoms with Gasteiger partial charge in [0.1, 0.15) is 5.75 Å². The maximum atomic E-state index is 12.4. The van der Waals surface area contributed by atoms with E-state index in [0.717, 1.165) is 19.4 Å². The van der Waals surface area contributed by atoms with Gasteiger partial charge in [-0.1, -0.05) is 0 Å². The van der Waals surface area contributed by atoms with Crippen LogP contribution in [0.4, 0.5) is 5.69 Å². The van der Waals surface area contributed by atoms with Crippen LogP contribution in [0.1, 0.15) is 43.5 Å². The highest BCUT2D eigenvalue weighted by Crippen LogP contribution is 2.23. The zero-order valence-corrected chi connectivity index (χ0v) is 15.1. The number of carbonyl (C=O) groups is 2. The summed E-state index contributed by atoms with van der Waals surface area (Å²) in [7, 11) is 0. The number of esters is 1. The molecule has 0 bridgehead atoms. The van der Waals surface area contributed by atoms with E-state index in [1.807, 2.05) is 13.8 Å². The average molecular weight is 348 g/mol. The first-order valence-corrected chi connectivity index (χ1v) is 8.99. The van der Waals surface area contributed by atoms with Crippen molar-refractivity contribution in [3.05, 3.63) is 23.8 Å². The van der Waals surface area contributed by atoms with E-state index in [4.69, 9.17) is 15.2 Å². The maximum Gasteiger partial charge on any atom is 0.310 e. The molecule has 6 heteroatoms. The van der Waals surface area contributed by atoms with Gasteiger partial charge in [0.2, 0.25) is 0 Å². The van der Waals surface area contributed by atoms with Gasteiger partial charge in [-0.3, -0.25) is 9.59 Å². The van der Waals surface area contributed by atoms with Crippen molar-refractivity contribution in [2.75, 3.05) is 38.6 Å². The van der Waals surface area contributed by atoms with E-state index >= 15 is 0 Å². The molecule has 0 saturated carbocycles. The van der Waals surface area contributed by atoms with Gasteiger partial charge >= 0.3 is 5.97 Å². The van der Waals surface area contributed by atoms with Crippen molar-refractivity contribution in [1.29, 1.82) is 0 Å². The first-order chi connectivity index (χ1) is 12.0. The number of nitrogens with zero attached hydrogens (tertiary/aromatic N) is 1. The SMILES string of the molecule is CCOC(=O)C1CCCN(CCC(=O)c2ccc(OCC)c(N)c2)C1. The summed E-state index contributed by atoms with van der Waals surface area (Å²) < 4.78 is 10.5. The molecule has 0 aliphatic carbocycles. The molecule has 1 unspecified atom stereocenters. The zero-order chi connectivity index (χ0) is 18.2. The summed E-state index contributed by atoms with van der Waals surface area (Å²) >= 11 is 0. The average Bonchev–Trinajstić information content (AvgIpc) is 2.62. The molecular formula is C19H28N2O4. The first-order valence-electron chi connectivity index (χ1n) is 8.99. The van der Waals surface area contributed by atoms with Crippen molar-refractivity contribution in [3.63, 3.8) is 0 Å². The van der Waals surface area contributed by atoms with Crippen molar-refractivity contribution in [1.82, 2.24) is 4.90 Å². The van der Waals surface area contributed by atoms with E-state index < -0.39 is 0 Å². The molecule has 138 valence electrons. The summed E-state index contributed by atoms with van der Waals surface area (Å²) in [6.07, 6.45) is 2.22. The number of likely N-dealkylation sites (tertiary alicyclic amines) is 1. The van der Waals surface area contributed by atoms with Gasteiger partial charge < -0.3 is 20.1 Å². The number of hydrogen-bond donors (Lipinski definition) is 1. The zero-order valence-electron chi connectivity index (χ0n) is 15.1. The Labute approximate surface area is 149 Å². The molecule has 1 fully saturated rings. The fourth-order valence-corrected chi connectivity index (χ4v) is 3.12. The van der Waals surface area contributed by atoms with Gasteiger partial charge in [-0.15, -0.1) is 0 Å². The van der Waals surface area contributed by atoms with Crippen LogP contribution in [0.2, 0.25) is 0 Å². The molecule has 1 aliphatic heterocycles. The quantitative estimate of drug-likeness (QED) is 0.442. The van der Waals surface area contributed by atoms with Crippen LogP contribution in [0.25, 0.3) is 0 Å². The van der Waals surface area contributed by atoms with Crippen LogP contribution >= 0.6 is 0 Å². The van der Waals surface area contributed by atoms with Crippen LogP contribution in [-0.2, 0) is 9.53 Å². The second-order valence-electron chi connectivity index (χ2n) is 6.25. The van der Waals surface area contributed by atoms with E-state index in [-0.39, 0.29) is 17.7 Å². The Hall–Kier alpha value is -2.08. The lowest BCUT2D eigenvalue weighted by atomic mass is 9.97. The lowest BCUT2D eigenvalue weighted by molar-refractivity contribution is -0.149. The molecule has 1 saturated heterocycles. The number of anilines is 1. The topological polar surface area (TPSA) is 81.9 Å². The Kier molecular flexibility index (Phi) is 7.25. The Morgan fingerprint density at radius 3 is 2.76 bits per heavy atom. The lowest BCUT2D eigenvalue weighted by Crippen LogP contribution is -2.40. The molecule has 1 atom stereocenters. The van der Waals surface area contributed by atoms with Crippen LogP contribution in [0, 0.1) is 5.92 Å². The standard InChI is InChI=1S/C19H28N2O4/c1-3-24-18-8-7-14(12-16(18)20)17(22)9-11-21-10-5-6-15(13-21)19(23)25-4-2/h7-8,12,15H,3-6,9-11,13,20H2,1-2H3. The number of piperidine rings is 1. The Bertz CT molecular complexity index is 603. The van der Waals surface area contributed by atoms with E-state index in [0.29, 0.717) is 49.7 Å². The van der Waals surface area contributed by atoms with Crippen molar-refractivity contribution in [3.8, 4) is 5.75 Å². The summed E-state index contributed by atoms with van der Waals surface area (Å²) in [5.41, 5.74) is 7.00. The molecule has 1 aliphatic rings. The van der Waals surface area contributed by atoms with Gasteiger partial charge in [0.05, 0.1) is 24.8 Å². The van der Waals surface area contributed by atoms with Crippen LogP contribution in [0.5, 0.6) is 5.75 Å².